The average molecular weight is 227 g/mol. The molecule has 1 aliphatic heterocycles. The standard InChI is InChI=1S/C10H11BrO/c1-10(7-12-10)6-8-2-4-9(11)5-3-8/h2-5H,6-7H2,1H3. The van der Waals surface area contributed by atoms with Gasteiger partial charge in [-0.2, -0.15) is 0 Å². The lowest BCUT2D eigenvalue weighted by Crippen LogP contribution is -2.08. The van der Waals surface area contributed by atoms with Gasteiger partial charge in [-0.15, -0.1) is 0 Å². The highest BCUT2D eigenvalue weighted by atomic mass is 79.9. The summed E-state index contributed by atoms with van der Waals surface area (Å²) in [5.74, 6) is 0. The van der Waals surface area contributed by atoms with E-state index >= 15 is 0 Å². The van der Waals surface area contributed by atoms with Crippen molar-refractivity contribution in [1.82, 2.24) is 0 Å². The van der Waals surface area contributed by atoms with Crippen molar-refractivity contribution in [3.05, 3.63) is 34.3 Å². The summed E-state index contributed by atoms with van der Waals surface area (Å²) in [7, 11) is 0. The highest BCUT2D eigenvalue weighted by Gasteiger charge is 2.38. The van der Waals surface area contributed by atoms with Crippen LogP contribution in [0.2, 0.25) is 0 Å². The minimum atomic E-state index is 0.133. The molecule has 2 rings (SSSR count). The first-order valence-corrected chi connectivity index (χ1v) is 4.86. The summed E-state index contributed by atoms with van der Waals surface area (Å²) < 4.78 is 6.45. The summed E-state index contributed by atoms with van der Waals surface area (Å²) in [4.78, 5) is 0. The Balaban J connectivity index is 2.08. The molecule has 1 aromatic rings. The van der Waals surface area contributed by atoms with Crippen molar-refractivity contribution in [2.24, 2.45) is 0 Å². The van der Waals surface area contributed by atoms with Crippen LogP contribution in [0.1, 0.15) is 12.5 Å². The third-order valence-electron chi connectivity index (χ3n) is 2.13. The molecular weight excluding hydrogens is 216 g/mol. The molecule has 1 atom stereocenters. The molecule has 0 bridgehead atoms. The first-order chi connectivity index (χ1) is 5.68. The lowest BCUT2D eigenvalue weighted by atomic mass is 10.0. The first-order valence-electron chi connectivity index (χ1n) is 4.06. The second kappa shape index (κ2) is 2.86. The van der Waals surface area contributed by atoms with E-state index in [2.05, 4.69) is 47.1 Å². The van der Waals surface area contributed by atoms with Crippen LogP contribution in [0.4, 0.5) is 0 Å². The maximum Gasteiger partial charge on any atom is 0.0928 e. The maximum absolute atomic E-state index is 5.32. The Morgan fingerprint density at radius 2 is 2.00 bits per heavy atom. The number of benzene rings is 1. The summed E-state index contributed by atoms with van der Waals surface area (Å²) in [6.45, 7) is 3.05. The fourth-order valence-electron chi connectivity index (χ4n) is 1.26. The number of epoxide rings is 1. The van der Waals surface area contributed by atoms with E-state index in [-0.39, 0.29) is 5.60 Å². The lowest BCUT2D eigenvalue weighted by molar-refractivity contribution is 0.322. The predicted octanol–water partition coefficient (Wildman–Crippen LogP) is 2.78. The molecule has 1 fully saturated rings. The largest absolute Gasteiger partial charge is 0.370 e. The SMILES string of the molecule is CC1(Cc2ccc(Br)cc2)CO1. The second-order valence-electron chi connectivity index (χ2n) is 3.54. The molecule has 0 radical (unpaired) electrons. The van der Waals surface area contributed by atoms with Gasteiger partial charge in [0.05, 0.1) is 12.2 Å². The summed E-state index contributed by atoms with van der Waals surface area (Å²) in [6.07, 6.45) is 1.03. The molecule has 1 nitrogen and oxygen atoms in total. The molecule has 0 N–H and O–H groups in total. The third-order valence-corrected chi connectivity index (χ3v) is 2.66. The van der Waals surface area contributed by atoms with Crippen LogP contribution in [0.3, 0.4) is 0 Å². The lowest BCUT2D eigenvalue weighted by Gasteiger charge is -2.04. The number of hydrogen-bond donors (Lipinski definition) is 0. The van der Waals surface area contributed by atoms with Gasteiger partial charge < -0.3 is 4.74 Å². The Morgan fingerprint density at radius 3 is 2.50 bits per heavy atom. The van der Waals surface area contributed by atoms with E-state index in [0.29, 0.717) is 0 Å². The van der Waals surface area contributed by atoms with Crippen LogP contribution < -0.4 is 0 Å². The van der Waals surface area contributed by atoms with Gasteiger partial charge in [-0.25, -0.2) is 0 Å². The van der Waals surface area contributed by atoms with Crippen LogP contribution in [0.25, 0.3) is 0 Å². The molecule has 1 saturated heterocycles. The van der Waals surface area contributed by atoms with Crippen molar-refractivity contribution in [3.8, 4) is 0 Å². The quantitative estimate of drug-likeness (QED) is 0.707. The van der Waals surface area contributed by atoms with Gasteiger partial charge >= 0.3 is 0 Å². The smallest absolute Gasteiger partial charge is 0.0928 e. The molecule has 2 heteroatoms. The minimum absolute atomic E-state index is 0.133. The zero-order valence-corrected chi connectivity index (χ0v) is 8.60. The highest BCUT2D eigenvalue weighted by molar-refractivity contribution is 9.10. The normalized spacial score (nSPS) is 27.2. The topological polar surface area (TPSA) is 12.5 Å². The Labute approximate surface area is 80.9 Å². The van der Waals surface area contributed by atoms with Crippen LogP contribution in [0.15, 0.2) is 28.7 Å². The number of rotatable bonds is 2. The first kappa shape index (κ1) is 8.27. The van der Waals surface area contributed by atoms with E-state index in [9.17, 15) is 0 Å². The van der Waals surface area contributed by atoms with Crippen LogP contribution in [-0.2, 0) is 11.2 Å². The highest BCUT2D eigenvalue weighted by Crippen LogP contribution is 2.30. The zero-order chi connectivity index (χ0) is 8.60. The Hall–Kier alpha value is -0.340. The van der Waals surface area contributed by atoms with Crippen LogP contribution in [0, 0.1) is 0 Å². The van der Waals surface area contributed by atoms with Gasteiger partial charge in [0.25, 0.3) is 0 Å². The molecule has 0 amide bonds. The Bertz CT molecular complexity index is 274. The Kier molecular flexibility index (Phi) is 1.97. The summed E-state index contributed by atoms with van der Waals surface area (Å²) in [5.41, 5.74) is 1.48. The van der Waals surface area contributed by atoms with Crippen molar-refractivity contribution in [2.75, 3.05) is 6.61 Å². The molecule has 0 spiro atoms. The molecule has 0 aromatic heterocycles. The third kappa shape index (κ3) is 1.87. The van der Waals surface area contributed by atoms with E-state index in [4.69, 9.17) is 4.74 Å². The van der Waals surface area contributed by atoms with E-state index in [1.54, 1.807) is 0 Å². The van der Waals surface area contributed by atoms with Gasteiger partial charge in [0.2, 0.25) is 0 Å². The Morgan fingerprint density at radius 1 is 1.42 bits per heavy atom. The van der Waals surface area contributed by atoms with Gasteiger partial charge in [-0.1, -0.05) is 28.1 Å². The molecular formula is C10H11BrO. The van der Waals surface area contributed by atoms with Crippen LogP contribution in [0.5, 0.6) is 0 Å². The van der Waals surface area contributed by atoms with Gasteiger partial charge in [-0.05, 0) is 24.6 Å². The number of ether oxygens (including phenoxy) is 1. The molecule has 64 valence electrons. The van der Waals surface area contributed by atoms with Crippen LogP contribution >= 0.6 is 15.9 Å². The fraction of sp³-hybridized carbons (Fsp3) is 0.400. The van der Waals surface area contributed by atoms with E-state index in [1.165, 1.54) is 5.56 Å². The zero-order valence-electron chi connectivity index (χ0n) is 7.01. The number of halogens is 1. The monoisotopic (exact) mass is 226 g/mol. The minimum Gasteiger partial charge on any atom is -0.370 e. The molecule has 1 heterocycles. The van der Waals surface area contributed by atoms with E-state index in [0.717, 1.165) is 17.5 Å². The summed E-state index contributed by atoms with van der Waals surface area (Å²) >= 11 is 3.41. The van der Waals surface area contributed by atoms with Gasteiger partial charge in [0.1, 0.15) is 0 Å². The molecule has 0 saturated carbocycles. The second-order valence-corrected chi connectivity index (χ2v) is 4.46. The van der Waals surface area contributed by atoms with Crippen LogP contribution in [-0.4, -0.2) is 12.2 Å². The molecule has 1 unspecified atom stereocenters. The number of hydrogen-bond acceptors (Lipinski definition) is 1. The van der Waals surface area contributed by atoms with E-state index < -0.39 is 0 Å². The molecule has 0 aliphatic carbocycles. The van der Waals surface area contributed by atoms with E-state index in [1.807, 2.05) is 0 Å². The molecule has 1 aromatic carbocycles. The van der Waals surface area contributed by atoms with Gasteiger partial charge in [0, 0.05) is 10.9 Å². The average Bonchev–Trinajstić information content (AvgIpc) is 2.74. The van der Waals surface area contributed by atoms with Crippen molar-refractivity contribution in [1.29, 1.82) is 0 Å². The predicted molar refractivity (Wildman–Crippen MR) is 52.2 cm³/mol. The van der Waals surface area contributed by atoms with Crippen molar-refractivity contribution < 1.29 is 4.74 Å². The van der Waals surface area contributed by atoms with Crippen molar-refractivity contribution >= 4 is 15.9 Å². The van der Waals surface area contributed by atoms with Crippen molar-refractivity contribution in [2.45, 2.75) is 18.9 Å². The molecule has 12 heavy (non-hydrogen) atoms. The summed E-state index contributed by atoms with van der Waals surface area (Å²) in [5, 5.41) is 0. The molecule has 1 aliphatic rings. The maximum atomic E-state index is 5.32. The summed E-state index contributed by atoms with van der Waals surface area (Å²) in [6, 6.07) is 8.41. The van der Waals surface area contributed by atoms with Gasteiger partial charge in [0.15, 0.2) is 0 Å². The fourth-order valence-corrected chi connectivity index (χ4v) is 1.52. The van der Waals surface area contributed by atoms with Crippen molar-refractivity contribution in [3.63, 3.8) is 0 Å². The van der Waals surface area contributed by atoms with Gasteiger partial charge in [-0.3, -0.25) is 0 Å².